The number of halogens is 1. The van der Waals surface area contributed by atoms with Gasteiger partial charge in [0, 0.05) is 5.56 Å². The highest BCUT2D eigenvalue weighted by atomic mass is 19.1. The number of carbonyl (C=O) groups excluding carboxylic acids is 2. The van der Waals surface area contributed by atoms with Crippen molar-refractivity contribution >= 4 is 17.7 Å². The van der Waals surface area contributed by atoms with Gasteiger partial charge in [-0.2, -0.15) is 0 Å². The van der Waals surface area contributed by atoms with Gasteiger partial charge in [-0.1, -0.05) is 36.4 Å². The summed E-state index contributed by atoms with van der Waals surface area (Å²) in [6.07, 6.45) is -0.875. The number of nitrogens with zero attached hydrogens (tertiary/aromatic N) is 1. The van der Waals surface area contributed by atoms with E-state index < -0.39 is 23.4 Å². The standard InChI is InChI=1S/C16H13FN2O3/c1-16(12-9-5-6-10-13(12)17)14(20)19(15(21)22-16)18-11-7-3-2-4-8-11/h2-10,18H,1H3. The molecule has 0 spiro atoms. The molecule has 0 aliphatic carbocycles. The third-order valence-electron chi connectivity index (χ3n) is 3.49. The lowest BCUT2D eigenvalue weighted by Gasteiger charge is -2.21. The number of ether oxygens (including phenoxy) is 1. The maximum Gasteiger partial charge on any atom is 0.437 e. The van der Waals surface area contributed by atoms with E-state index in [1.54, 1.807) is 36.4 Å². The minimum absolute atomic E-state index is 0.0192. The molecule has 1 aliphatic rings. The van der Waals surface area contributed by atoms with Crippen LogP contribution in [0.25, 0.3) is 0 Å². The van der Waals surface area contributed by atoms with Gasteiger partial charge in [0.15, 0.2) is 0 Å². The minimum atomic E-state index is -1.69. The number of amides is 2. The molecule has 2 aromatic carbocycles. The summed E-state index contributed by atoms with van der Waals surface area (Å²) in [6, 6.07) is 14.4. The third-order valence-corrected chi connectivity index (χ3v) is 3.49. The summed E-state index contributed by atoms with van der Waals surface area (Å²) in [7, 11) is 0. The van der Waals surface area contributed by atoms with Crippen LogP contribution < -0.4 is 5.43 Å². The van der Waals surface area contributed by atoms with E-state index in [0.717, 1.165) is 5.01 Å². The van der Waals surface area contributed by atoms with E-state index in [1.807, 2.05) is 0 Å². The van der Waals surface area contributed by atoms with Gasteiger partial charge in [-0.05, 0) is 25.1 Å². The van der Waals surface area contributed by atoms with Crippen molar-refractivity contribution in [1.29, 1.82) is 0 Å². The van der Waals surface area contributed by atoms with Gasteiger partial charge in [0.1, 0.15) is 5.82 Å². The fraction of sp³-hybridized carbons (Fsp3) is 0.125. The lowest BCUT2D eigenvalue weighted by molar-refractivity contribution is -0.135. The van der Waals surface area contributed by atoms with Crippen LogP contribution in [0, 0.1) is 5.82 Å². The lowest BCUT2D eigenvalue weighted by atomic mass is 9.95. The number of hydrogen-bond acceptors (Lipinski definition) is 4. The second-order valence-corrected chi connectivity index (χ2v) is 5.00. The van der Waals surface area contributed by atoms with E-state index in [2.05, 4.69) is 5.43 Å². The van der Waals surface area contributed by atoms with Crippen molar-refractivity contribution in [2.45, 2.75) is 12.5 Å². The molecule has 1 unspecified atom stereocenters. The first kappa shape index (κ1) is 14.1. The topological polar surface area (TPSA) is 58.6 Å². The first-order chi connectivity index (χ1) is 10.5. The molecule has 0 saturated carbocycles. The van der Waals surface area contributed by atoms with Crippen LogP contribution in [0.4, 0.5) is 14.9 Å². The quantitative estimate of drug-likeness (QED) is 0.946. The van der Waals surface area contributed by atoms with Crippen LogP contribution in [0.2, 0.25) is 0 Å². The molecule has 2 aromatic rings. The van der Waals surface area contributed by atoms with Crippen LogP contribution in [0.15, 0.2) is 54.6 Å². The van der Waals surface area contributed by atoms with Gasteiger partial charge in [-0.3, -0.25) is 10.2 Å². The number of imide groups is 1. The van der Waals surface area contributed by atoms with E-state index in [0.29, 0.717) is 5.69 Å². The van der Waals surface area contributed by atoms with Crippen molar-refractivity contribution in [2.75, 3.05) is 5.43 Å². The smallest absolute Gasteiger partial charge is 0.426 e. The summed E-state index contributed by atoms with van der Waals surface area (Å²) in [5.41, 5.74) is 1.55. The Kier molecular flexibility index (Phi) is 3.29. The Balaban J connectivity index is 1.93. The van der Waals surface area contributed by atoms with Crippen molar-refractivity contribution < 1.29 is 18.7 Å². The van der Waals surface area contributed by atoms with Crippen LogP contribution in [0.1, 0.15) is 12.5 Å². The van der Waals surface area contributed by atoms with Crippen LogP contribution >= 0.6 is 0 Å². The number of nitrogens with one attached hydrogen (secondary N) is 1. The number of cyclic esters (lactones) is 1. The van der Waals surface area contributed by atoms with Gasteiger partial charge in [0.2, 0.25) is 5.60 Å². The molecule has 2 amide bonds. The van der Waals surface area contributed by atoms with E-state index in [9.17, 15) is 14.0 Å². The summed E-state index contributed by atoms with van der Waals surface area (Å²) >= 11 is 0. The molecule has 0 aromatic heterocycles. The van der Waals surface area contributed by atoms with Crippen molar-refractivity contribution in [3.8, 4) is 0 Å². The van der Waals surface area contributed by atoms with E-state index in [-0.39, 0.29) is 5.56 Å². The Bertz CT molecular complexity index is 735. The average Bonchev–Trinajstić information content (AvgIpc) is 2.73. The molecule has 1 atom stereocenters. The first-order valence-electron chi connectivity index (χ1n) is 6.66. The lowest BCUT2D eigenvalue weighted by Crippen LogP contribution is -2.40. The predicted octanol–water partition coefficient (Wildman–Crippen LogP) is 3.05. The molecule has 1 fully saturated rings. The predicted molar refractivity (Wildman–Crippen MR) is 77.1 cm³/mol. The summed E-state index contributed by atoms with van der Waals surface area (Å²) < 4.78 is 19.1. The highest BCUT2D eigenvalue weighted by molar-refractivity contribution is 6.04. The molecule has 22 heavy (non-hydrogen) atoms. The second kappa shape index (κ2) is 5.14. The summed E-state index contributed by atoms with van der Waals surface area (Å²) in [6.45, 7) is 1.37. The molecule has 6 heteroatoms. The van der Waals surface area contributed by atoms with Gasteiger partial charge in [0.05, 0.1) is 5.69 Å². The monoisotopic (exact) mass is 300 g/mol. The van der Waals surface area contributed by atoms with Gasteiger partial charge in [-0.15, -0.1) is 5.01 Å². The zero-order valence-corrected chi connectivity index (χ0v) is 11.7. The molecular weight excluding hydrogens is 287 g/mol. The van der Waals surface area contributed by atoms with Crippen LogP contribution in [-0.4, -0.2) is 17.0 Å². The maximum absolute atomic E-state index is 14.0. The SMILES string of the molecule is CC1(c2ccccc2F)OC(=O)N(Nc2ccccc2)C1=O. The largest absolute Gasteiger partial charge is 0.437 e. The van der Waals surface area contributed by atoms with Crippen molar-refractivity contribution in [3.63, 3.8) is 0 Å². The summed E-state index contributed by atoms with van der Waals surface area (Å²) in [4.78, 5) is 24.5. The van der Waals surface area contributed by atoms with Gasteiger partial charge in [0.25, 0.3) is 5.91 Å². The number of carbonyl (C=O) groups is 2. The number of anilines is 1. The second-order valence-electron chi connectivity index (χ2n) is 5.00. The van der Waals surface area contributed by atoms with E-state index in [1.165, 1.54) is 25.1 Å². The molecule has 1 heterocycles. The maximum atomic E-state index is 14.0. The van der Waals surface area contributed by atoms with Crippen molar-refractivity contribution in [1.82, 2.24) is 5.01 Å². The molecule has 3 rings (SSSR count). The Morgan fingerprint density at radius 3 is 2.36 bits per heavy atom. The fourth-order valence-corrected chi connectivity index (χ4v) is 2.32. The Hall–Kier alpha value is -2.89. The zero-order valence-electron chi connectivity index (χ0n) is 11.7. The molecular formula is C16H13FN2O3. The molecule has 112 valence electrons. The normalized spacial score (nSPS) is 20.9. The number of benzene rings is 2. The van der Waals surface area contributed by atoms with Crippen molar-refractivity contribution in [3.05, 3.63) is 66.0 Å². The minimum Gasteiger partial charge on any atom is -0.426 e. The number of para-hydroxylation sites is 1. The Labute approximate surface area is 126 Å². The summed E-state index contributed by atoms with van der Waals surface area (Å²) in [5, 5.41) is 0.752. The van der Waals surface area contributed by atoms with Crippen molar-refractivity contribution in [2.24, 2.45) is 0 Å². The first-order valence-corrected chi connectivity index (χ1v) is 6.66. The number of hydrogen-bond donors (Lipinski definition) is 1. The van der Waals surface area contributed by atoms with Gasteiger partial charge < -0.3 is 4.74 Å². The zero-order chi connectivity index (χ0) is 15.7. The highest BCUT2D eigenvalue weighted by Gasteiger charge is 2.53. The molecule has 1 saturated heterocycles. The van der Waals surface area contributed by atoms with Gasteiger partial charge >= 0.3 is 6.09 Å². The molecule has 0 radical (unpaired) electrons. The number of rotatable bonds is 3. The average molecular weight is 300 g/mol. The molecule has 1 aliphatic heterocycles. The van der Waals surface area contributed by atoms with Crippen LogP contribution in [0.3, 0.4) is 0 Å². The Morgan fingerprint density at radius 1 is 1.05 bits per heavy atom. The van der Waals surface area contributed by atoms with Crippen LogP contribution in [0.5, 0.6) is 0 Å². The molecule has 5 nitrogen and oxygen atoms in total. The fourth-order valence-electron chi connectivity index (χ4n) is 2.32. The Morgan fingerprint density at radius 2 is 1.68 bits per heavy atom. The highest BCUT2D eigenvalue weighted by Crippen LogP contribution is 2.35. The third kappa shape index (κ3) is 2.18. The van der Waals surface area contributed by atoms with E-state index >= 15 is 0 Å². The summed E-state index contributed by atoms with van der Waals surface area (Å²) in [5.74, 6) is -1.28. The van der Waals surface area contributed by atoms with E-state index in [4.69, 9.17) is 4.74 Å². The number of hydrazine groups is 1. The van der Waals surface area contributed by atoms with Gasteiger partial charge in [-0.25, -0.2) is 9.18 Å². The van der Waals surface area contributed by atoms with Crippen LogP contribution in [-0.2, 0) is 15.1 Å². The molecule has 1 N–H and O–H groups in total. The molecule has 0 bridgehead atoms.